The molecule has 3 N–H and O–H groups in total. The maximum atomic E-state index is 13.4. The Bertz CT molecular complexity index is 1590. The van der Waals surface area contributed by atoms with Crippen molar-refractivity contribution < 1.29 is 23.3 Å². The number of nitrogens with zero attached hydrogens (tertiary/aromatic N) is 5. The van der Waals surface area contributed by atoms with Crippen LogP contribution >= 0.6 is 0 Å². The van der Waals surface area contributed by atoms with E-state index >= 15 is 0 Å². The van der Waals surface area contributed by atoms with E-state index in [-0.39, 0.29) is 40.7 Å². The summed E-state index contributed by atoms with van der Waals surface area (Å²) in [6.07, 6.45) is 5.90. The molecule has 2 fully saturated rings. The smallest absolute Gasteiger partial charge is 0.272 e. The zero-order valence-electron chi connectivity index (χ0n) is 23.7. The lowest BCUT2D eigenvalue weighted by molar-refractivity contribution is 0.0530. The first-order valence-electron chi connectivity index (χ1n) is 14.4. The van der Waals surface area contributed by atoms with Crippen LogP contribution in [0.1, 0.15) is 64.1 Å². The summed E-state index contributed by atoms with van der Waals surface area (Å²) in [5, 5.41) is 17.6. The highest BCUT2D eigenvalue weighted by Gasteiger charge is 2.33. The van der Waals surface area contributed by atoms with Gasteiger partial charge in [-0.25, -0.2) is 4.21 Å². The predicted octanol–water partition coefficient (Wildman–Crippen LogP) is 3.61. The van der Waals surface area contributed by atoms with Gasteiger partial charge in [-0.1, -0.05) is 25.0 Å². The first-order valence-corrected chi connectivity index (χ1v) is 15.4. The summed E-state index contributed by atoms with van der Waals surface area (Å²) in [5.74, 6) is 1.60. The van der Waals surface area contributed by atoms with Gasteiger partial charge in [-0.05, 0) is 62.1 Å². The quantitative estimate of drug-likeness (QED) is 0.362. The van der Waals surface area contributed by atoms with E-state index in [2.05, 4.69) is 24.4 Å². The number of carbonyl (C=O) groups excluding carboxylic acids is 2. The summed E-state index contributed by atoms with van der Waals surface area (Å²) >= 11 is -1.84. The van der Waals surface area contributed by atoms with Crippen LogP contribution in [0.2, 0.25) is 0 Å². The molecule has 224 valence electrons. The van der Waals surface area contributed by atoms with Gasteiger partial charge in [0.2, 0.25) is 0 Å². The molecule has 4 heterocycles. The molecular weight excluding hydrogens is 570 g/mol. The molecule has 0 spiro atoms. The molecule has 2 unspecified atom stereocenters. The topological polar surface area (TPSA) is 153 Å². The van der Waals surface area contributed by atoms with E-state index in [0.29, 0.717) is 43.6 Å². The van der Waals surface area contributed by atoms with E-state index < -0.39 is 11.2 Å². The molecule has 1 saturated carbocycles. The lowest BCUT2D eigenvalue weighted by Crippen LogP contribution is -2.50. The minimum Gasteiger partial charge on any atom is -0.505 e. The number of phenols is 1. The van der Waals surface area contributed by atoms with Crippen molar-refractivity contribution in [3.8, 4) is 5.75 Å². The first kappa shape index (κ1) is 28.6. The summed E-state index contributed by atoms with van der Waals surface area (Å²) in [5.41, 5.74) is 0.699. The summed E-state index contributed by atoms with van der Waals surface area (Å²) in [6.45, 7) is 3.23. The monoisotopic (exact) mass is 603 g/mol. The number of piperazine rings is 1. The number of hydrogen-bond donors (Lipinski definition) is 3. The number of aromatic hydroxyl groups is 1. The molecule has 3 aliphatic rings. The number of para-hydroxylation sites is 1. The summed E-state index contributed by atoms with van der Waals surface area (Å²) in [6, 6.07) is 13.7. The van der Waals surface area contributed by atoms with E-state index in [9.17, 15) is 18.9 Å². The Morgan fingerprint density at radius 1 is 0.953 bits per heavy atom. The normalized spacial score (nSPS) is 19.6. The third kappa shape index (κ3) is 6.17. The minimum atomic E-state index is -1.84. The van der Waals surface area contributed by atoms with Crippen molar-refractivity contribution >= 4 is 40.3 Å². The summed E-state index contributed by atoms with van der Waals surface area (Å²) < 4.78 is 26.7. The molecular formula is C30H33N7O5S. The largest absolute Gasteiger partial charge is 0.505 e. The lowest BCUT2D eigenvalue weighted by Gasteiger charge is -2.34. The second-order valence-electron chi connectivity index (χ2n) is 10.9. The Kier molecular flexibility index (Phi) is 8.23. The number of rotatable bonds is 6. The number of amidine groups is 2. The fourth-order valence-corrected chi connectivity index (χ4v) is 6.42. The highest BCUT2D eigenvalue weighted by Crippen LogP contribution is 2.37. The van der Waals surface area contributed by atoms with Crippen molar-refractivity contribution in [1.29, 1.82) is 0 Å². The van der Waals surface area contributed by atoms with Crippen LogP contribution in [0.4, 0.5) is 5.69 Å². The summed E-state index contributed by atoms with van der Waals surface area (Å²) in [4.78, 5) is 33.6. The Morgan fingerprint density at radius 3 is 2.35 bits per heavy atom. The number of nitrogens with one attached hydrogen (secondary N) is 2. The molecule has 1 saturated heterocycles. The van der Waals surface area contributed by atoms with Crippen LogP contribution in [0.5, 0.6) is 5.75 Å². The molecule has 43 heavy (non-hydrogen) atoms. The third-order valence-corrected chi connectivity index (χ3v) is 8.73. The first-order chi connectivity index (χ1) is 20.9. The molecule has 1 aromatic carbocycles. The average Bonchev–Trinajstić information content (AvgIpc) is 3.79. The van der Waals surface area contributed by atoms with Gasteiger partial charge in [0.05, 0.1) is 17.3 Å². The number of benzene rings is 1. The highest BCUT2D eigenvalue weighted by molar-refractivity contribution is 7.83. The number of amides is 2. The lowest BCUT2D eigenvalue weighted by atomic mass is 9.96. The van der Waals surface area contributed by atoms with Gasteiger partial charge in [0.15, 0.2) is 17.4 Å². The second-order valence-corrected chi connectivity index (χ2v) is 11.7. The van der Waals surface area contributed by atoms with E-state index in [1.807, 2.05) is 19.1 Å². The van der Waals surface area contributed by atoms with Gasteiger partial charge in [-0.2, -0.15) is 0 Å². The van der Waals surface area contributed by atoms with Crippen LogP contribution in [0.15, 0.2) is 67.9 Å². The number of phenolic OH excluding ortho intramolecular Hbond substituents is 1. The van der Waals surface area contributed by atoms with Crippen molar-refractivity contribution in [2.45, 2.75) is 38.6 Å². The molecule has 6 rings (SSSR count). The molecule has 0 radical (unpaired) electrons. The third-order valence-electron chi connectivity index (χ3n) is 8.05. The number of anilines is 1. The maximum absolute atomic E-state index is 13.4. The molecule has 2 atom stereocenters. The van der Waals surface area contributed by atoms with Crippen molar-refractivity contribution in [2.24, 2.45) is 14.7 Å². The molecule has 1 aliphatic carbocycles. The van der Waals surface area contributed by atoms with Gasteiger partial charge in [-0.15, -0.1) is 8.80 Å². The van der Waals surface area contributed by atoms with Gasteiger partial charge >= 0.3 is 0 Å². The predicted molar refractivity (Wildman–Crippen MR) is 162 cm³/mol. The standard InChI is InChI=1S/C30H33N7O5S/c1-19-12-13-24(42-19)25(20-7-2-3-8-20)33-28-27(34-43(41)35-28)32-22-11-6-9-21(26(22)38)29(39)36-15-17-37(18-16-36)30(40)23-10-4-5-14-31-23/h4-6,9-14,20,25,38H,2-3,7-8,15-18H2,1H3,(H,32,34)(H,33,35). The van der Waals surface area contributed by atoms with Crippen molar-refractivity contribution in [3.63, 3.8) is 0 Å². The summed E-state index contributed by atoms with van der Waals surface area (Å²) in [7, 11) is 0. The van der Waals surface area contributed by atoms with Crippen LogP contribution < -0.4 is 10.6 Å². The average molecular weight is 604 g/mol. The molecule has 3 aromatic rings. The number of aryl methyl sites for hydroxylation is 1. The van der Waals surface area contributed by atoms with Crippen LogP contribution in [-0.2, 0) is 11.2 Å². The number of hydrogen-bond acceptors (Lipinski definition) is 8. The Balaban J connectivity index is 1.14. The van der Waals surface area contributed by atoms with Crippen LogP contribution in [0, 0.1) is 12.8 Å². The number of aromatic nitrogens is 1. The van der Waals surface area contributed by atoms with Gasteiger partial charge in [0.1, 0.15) is 17.2 Å². The zero-order valence-corrected chi connectivity index (χ0v) is 24.5. The SMILES string of the molecule is Cc1ccc(C(NC2=NS(=O)N=C2Nc2cccc(C(=O)N3CCN(C(=O)c4ccccn4)CC3)c2O)C2CCCC2)o1. The number of furan rings is 1. The van der Waals surface area contributed by atoms with E-state index in [1.54, 1.807) is 52.4 Å². The molecule has 12 nitrogen and oxygen atoms in total. The second kappa shape index (κ2) is 12.4. The fraction of sp³-hybridized carbons (Fsp3) is 0.367. The highest BCUT2D eigenvalue weighted by atomic mass is 32.2. The minimum absolute atomic E-state index is 0.107. The van der Waals surface area contributed by atoms with Crippen LogP contribution in [-0.4, -0.2) is 73.8 Å². The molecule has 0 bridgehead atoms. The van der Waals surface area contributed by atoms with Gasteiger partial charge in [0.25, 0.3) is 23.0 Å². The molecule has 2 aliphatic heterocycles. The van der Waals surface area contributed by atoms with Crippen molar-refractivity contribution in [3.05, 3.63) is 77.5 Å². The Hall–Kier alpha value is -4.52. The van der Waals surface area contributed by atoms with E-state index in [0.717, 1.165) is 37.2 Å². The Labute approximate surface area is 251 Å². The van der Waals surface area contributed by atoms with E-state index in [1.165, 1.54) is 0 Å². The van der Waals surface area contributed by atoms with Crippen LogP contribution in [0.3, 0.4) is 0 Å². The maximum Gasteiger partial charge on any atom is 0.272 e. The molecule has 13 heteroatoms. The van der Waals surface area contributed by atoms with Crippen molar-refractivity contribution in [2.75, 3.05) is 31.5 Å². The Morgan fingerprint density at radius 2 is 1.67 bits per heavy atom. The number of carbonyl (C=O) groups is 2. The van der Waals surface area contributed by atoms with Crippen molar-refractivity contribution in [1.82, 2.24) is 20.1 Å². The van der Waals surface area contributed by atoms with Gasteiger partial charge in [0, 0.05) is 32.4 Å². The zero-order chi connectivity index (χ0) is 29.9. The van der Waals surface area contributed by atoms with Gasteiger partial charge in [-0.3, -0.25) is 14.6 Å². The molecule has 2 amide bonds. The van der Waals surface area contributed by atoms with Gasteiger partial charge < -0.3 is 30.0 Å². The number of pyridine rings is 1. The fourth-order valence-electron chi connectivity index (χ4n) is 5.80. The van der Waals surface area contributed by atoms with E-state index in [4.69, 9.17) is 4.42 Å². The van der Waals surface area contributed by atoms with Crippen LogP contribution in [0.25, 0.3) is 0 Å². The molecule has 2 aromatic heterocycles.